The van der Waals surface area contributed by atoms with Gasteiger partial charge in [0, 0.05) is 13.2 Å². The number of nitrogens with one attached hydrogen (secondary N) is 1. The molecule has 1 fully saturated rings. The molecule has 0 atom stereocenters. The zero-order valence-corrected chi connectivity index (χ0v) is 14.4. The van der Waals surface area contributed by atoms with E-state index in [-0.39, 0.29) is 0 Å². The first-order valence-corrected chi connectivity index (χ1v) is 9.66. The van der Waals surface area contributed by atoms with Crippen molar-refractivity contribution in [3.63, 3.8) is 0 Å². The van der Waals surface area contributed by atoms with Crippen LogP contribution in [-0.4, -0.2) is 27.7 Å². The summed E-state index contributed by atoms with van der Waals surface area (Å²) >= 11 is 0. The molecule has 0 aliphatic heterocycles. The van der Waals surface area contributed by atoms with Crippen LogP contribution in [-0.2, 0) is 14.8 Å². The Hall–Kier alpha value is -0.910. The predicted molar refractivity (Wildman–Crippen MR) is 88.5 cm³/mol. The Morgan fingerprint density at radius 1 is 1.18 bits per heavy atom. The molecule has 0 unspecified atom stereocenters. The highest BCUT2D eigenvalue weighted by atomic mass is 32.2. The molecule has 5 heteroatoms. The van der Waals surface area contributed by atoms with Gasteiger partial charge in [0.05, 0.1) is 11.0 Å². The predicted octanol–water partition coefficient (Wildman–Crippen LogP) is 3.32. The standard InChI is InChI=1S/C17H27NO3S/c1-14-9-10-15(2)17(13-14)22(19,20)18-11-6-12-21-16-7-4-3-5-8-16/h9-10,13,16,18H,3-8,11-12H2,1-2H3. The van der Waals surface area contributed by atoms with E-state index in [4.69, 9.17) is 4.74 Å². The molecule has 0 amide bonds. The lowest BCUT2D eigenvalue weighted by molar-refractivity contribution is 0.0278. The van der Waals surface area contributed by atoms with Gasteiger partial charge in [-0.3, -0.25) is 0 Å². The summed E-state index contributed by atoms with van der Waals surface area (Å²) < 4.78 is 33.1. The molecule has 0 spiro atoms. The Labute approximate surface area is 134 Å². The molecule has 124 valence electrons. The molecule has 1 aliphatic carbocycles. The number of sulfonamides is 1. The van der Waals surface area contributed by atoms with Crippen molar-refractivity contribution >= 4 is 10.0 Å². The van der Waals surface area contributed by atoms with E-state index in [1.165, 1.54) is 19.3 Å². The van der Waals surface area contributed by atoms with Crippen LogP contribution in [0.3, 0.4) is 0 Å². The maximum Gasteiger partial charge on any atom is 0.240 e. The molecule has 22 heavy (non-hydrogen) atoms. The van der Waals surface area contributed by atoms with E-state index < -0.39 is 10.0 Å². The number of rotatable bonds is 7. The van der Waals surface area contributed by atoms with Crippen LogP contribution < -0.4 is 4.72 Å². The third-order valence-electron chi connectivity index (χ3n) is 4.15. The van der Waals surface area contributed by atoms with E-state index in [1.54, 1.807) is 6.07 Å². The van der Waals surface area contributed by atoms with E-state index in [1.807, 2.05) is 26.0 Å². The molecular formula is C17H27NO3S. The van der Waals surface area contributed by atoms with Crippen LogP contribution in [0.1, 0.15) is 49.7 Å². The second-order valence-electron chi connectivity index (χ2n) is 6.15. The summed E-state index contributed by atoms with van der Waals surface area (Å²) in [5.74, 6) is 0. The molecule has 0 bridgehead atoms. The lowest BCUT2D eigenvalue weighted by Crippen LogP contribution is -2.27. The van der Waals surface area contributed by atoms with E-state index in [9.17, 15) is 8.42 Å². The minimum Gasteiger partial charge on any atom is -0.378 e. The monoisotopic (exact) mass is 325 g/mol. The smallest absolute Gasteiger partial charge is 0.240 e. The number of benzene rings is 1. The molecule has 1 N–H and O–H groups in total. The second-order valence-corrected chi connectivity index (χ2v) is 7.89. The highest BCUT2D eigenvalue weighted by Crippen LogP contribution is 2.20. The molecule has 1 aromatic carbocycles. The van der Waals surface area contributed by atoms with Gasteiger partial charge in [0.1, 0.15) is 0 Å². The van der Waals surface area contributed by atoms with Crippen LogP contribution in [0.2, 0.25) is 0 Å². The summed E-state index contributed by atoms with van der Waals surface area (Å²) in [6.45, 7) is 4.76. The number of ether oxygens (including phenoxy) is 1. The van der Waals surface area contributed by atoms with Crippen molar-refractivity contribution in [3.05, 3.63) is 29.3 Å². The molecule has 2 rings (SSSR count). The third-order valence-corrected chi connectivity index (χ3v) is 5.76. The van der Waals surface area contributed by atoms with Gasteiger partial charge in [-0.05, 0) is 50.3 Å². The Balaban J connectivity index is 1.76. The van der Waals surface area contributed by atoms with Gasteiger partial charge in [0.25, 0.3) is 0 Å². The molecule has 1 aliphatic rings. The number of hydrogen-bond donors (Lipinski definition) is 1. The average molecular weight is 325 g/mol. The lowest BCUT2D eigenvalue weighted by atomic mass is 9.98. The van der Waals surface area contributed by atoms with Crippen molar-refractivity contribution in [2.24, 2.45) is 0 Å². The molecule has 1 aromatic rings. The molecule has 0 aromatic heterocycles. The Bertz CT molecular complexity index is 578. The summed E-state index contributed by atoms with van der Waals surface area (Å²) in [5, 5.41) is 0. The zero-order chi connectivity index (χ0) is 16.0. The maximum absolute atomic E-state index is 12.3. The molecular weight excluding hydrogens is 298 g/mol. The summed E-state index contributed by atoms with van der Waals surface area (Å²) in [6.07, 6.45) is 7.20. The average Bonchev–Trinajstić information content (AvgIpc) is 2.50. The van der Waals surface area contributed by atoms with Crippen molar-refractivity contribution in [3.8, 4) is 0 Å². The van der Waals surface area contributed by atoms with Crippen LogP contribution in [0.4, 0.5) is 0 Å². The molecule has 0 saturated heterocycles. The topological polar surface area (TPSA) is 55.4 Å². The Kier molecular flexibility index (Phi) is 6.41. The Morgan fingerprint density at radius 2 is 1.91 bits per heavy atom. The Morgan fingerprint density at radius 3 is 2.64 bits per heavy atom. The number of hydrogen-bond acceptors (Lipinski definition) is 3. The van der Waals surface area contributed by atoms with Crippen LogP contribution in [0.5, 0.6) is 0 Å². The normalized spacial score (nSPS) is 16.8. The van der Waals surface area contributed by atoms with Gasteiger partial charge in [-0.1, -0.05) is 31.4 Å². The summed E-state index contributed by atoms with van der Waals surface area (Å²) in [5.41, 5.74) is 1.73. The summed E-state index contributed by atoms with van der Waals surface area (Å²) in [6, 6.07) is 5.48. The van der Waals surface area contributed by atoms with Crippen molar-refractivity contribution in [2.75, 3.05) is 13.2 Å². The van der Waals surface area contributed by atoms with Gasteiger partial charge < -0.3 is 4.74 Å². The van der Waals surface area contributed by atoms with Gasteiger partial charge in [-0.25, -0.2) is 13.1 Å². The van der Waals surface area contributed by atoms with Gasteiger partial charge in [0.15, 0.2) is 0 Å². The van der Waals surface area contributed by atoms with Crippen molar-refractivity contribution in [1.82, 2.24) is 4.72 Å². The minimum atomic E-state index is -3.42. The molecule has 4 nitrogen and oxygen atoms in total. The van der Waals surface area contributed by atoms with Gasteiger partial charge in [-0.2, -0.15) is 0 Å². The lowest BCUT2D eigenvalue weighted by Gasteiger charge is -2.21. The highest BCUT2D eigenvalue weighted by molar-refractivity contribution is 7.89. The fraction of sp³-hybridized carbons (Fsp3) is 0.647. The first kappa shape index (κ1) is 17.4. The van der Waals surface area contributed by atoms with E-state index in [0.717, 1.165) is 24.0 Å². The first-order chi connectivity index (χ1) is 10.5. The highest BCUT2D eigenvalue weighted by Gasteiger charge is 2.17. The van der Waals surface area contributed by atoms with Crippen molar-refractivity contribution < 1.29 is 13.2 Å². The number of aryl methyl sites for hydroxylation is 2. The SMILES string of the molecule is Cc1ccc(C)c(S(=O)(=O)NCCCOC2CCCCC2)c1. The summed E-state index contributed by atoms with van der Waals surface area (Å²) in [7, 11) is -3.42. The molecule has 0 radical (unpaired) electrons. The van der Waals surface area contributed by atoms with Crippen LogP contribution in [0.15, 0.2) is 23.1 Å². The maximum atomic E-state index is 12.3. The van der Waals surface area contributed by atoms with Gasteiger partial charge in [-0.15, -0.1) is 0 Å². The zero-order valence-electron chi connectivity index (χ0n) is 13.6. The summed E-state index contributed by atoms with van der Waals surface area (Å²) in [4.78, 5) is 0.376. The fourth-order valence-electron chi connectivity index (χ4n) is 2.84. The minimum absolute atomic E-state index is 0.376. The van der Waals surface area contributed by atoms with E-state index >= 15 is 0 Å². The largest absolute Gasteiger partial charge is 0.378 e. The van der Waals surface area contributed by atoms with Crippen molar-refractivity contribution in [1.29, 1.82) is 0 Å². The molecule has 0 heterocycles. The van der Waals surface area contributed by atoms with Crippen LogP contribution in [0, 0.1) is 13.8 Å². The first-order valence-electron chi connectivity index (χ1n) is 8.17. The van der Waals surface area contributed by atoms with E-state index in [0.29, 0.717) is 30.6 Å². The quantitative estimate of drug-likeness (QED) is 0.782. The van der Waals surface area contributed by atoms with Gasteiger partial charge >= 0.3 is 0 Å². The van der Waals surface area contributed by atoms with Crippen LogP contribution >= 0.6 is 0 Å². The van der Waals surface area contributed by atoms with Crippen molar-refractivity contribution in [2.45, 2.75) is 63.4 Å². The van der Waals surface area contributed by atoms with Crippen LogP contribution in [0.25, 0.3) is 0 Å². The molecule has 1 saturated carbocycles. The second kappa shape index (κ2) is 8.09. The van der Waals surface area contributed by atoms with Gasteiger partial charge in [0.2, 0.25) is 10.0 Å². The third kappa shape index (κ3) is 5.07. The fourth-order valence-corrected chi connectivity index (χ4v) is 4.24. The van der Waals surface area contributed by atoms with E-state index in [2.05, 4.69) is 4.72 Å².